The molecule has 1 aromatic heterocycles. The van der Waals surface area contributed by atoms with Crippen molar-refractivity contribution in [2.24, 2.45) is 5.92 Å². The van der Waals surface area contributed by atoms with Crippen molar-refractivity contribution >= 4 is 0 Å². The molecule has 1 heterocycles. The minimum atomic E-state index is -0.428. The number of nitrogens with zero attached hydrogens (tertiary/aromatic N) is 1. The largest absolute Gasteiger partial charge is 0.228 e. The molecule has 1 aliphatic rings. The zero-order valence-electron chi connectivity index (χ0n) is 9.45. The van der Waals surface area contributed by atoms with Gasteiger partial charge in [-0.25, -0.2) is 4.98 Å². The van der Waals surface area contributed by atoms with Gasteiger partial charge in [0.1, 0.15) is 0 Å². The van der Waals surface area contributed by atoms with Crippen LogP contribution < -0.4 is 0 Å². The lowest BCUT2D eigenvalue weighted by Crippen LogP contribution is -2.03. The molecule has 0 bridgehead atoms. The minimum absolute atomic E-state index is 0.428. The monoisotopic (exact) mass is 209 g/mol. The third-order valence-electron chi connectivity index (χ3n) is 2.93. The van der Waals surface area contributed by atoms with Gasteiger partial charge in [0.25, 0.3) is 0 Å². The highest BCUT2D eigenvalue weighted by Gasteiger charge is 2.09. The number of hydrogen-bond acceptors (Lipinski definition) is 1. The zero-order valence-corrected chi connectivity index (χ0v) is 9.45. The fourth-order valence-electron chi connectivity index (χ4n) is 1.94. The molecule has 1 fully saturated rings. The van der Waals surface area contributed by atoms with E-state index in [1.165, 1.54) is 50.8 Å². The second kappa shape index (κ2) is 7.38. The van der Waals surface area contributed by atoms with Crippen molar-refractivity contribution in [2.45, 2.75) is 45.4 Å². The average molecular weight is 209 g/mol. The standard InChI is InChI=1S/C8H16.C5H4FN/c1-2-8-6-4-3-5-7-8;6-5-3-1-2-4-7-5/h8H,2-7H2,1H3;1-4H. The van der Waals surface area contributed by atoms with Crippen molar-refractivity contribution in [3.63, 3.8) is 0 Å². The van der Waals surface area contributed by atoms with Crippen LogP contribution in [0, 0.1) is 11.9 Å². The summed E-state index contributed by atoms with van der Waals surface area (Å²) < 4.78 is 11.8. The Balaban J connectivity index is 0.000000151. The van der Waals surface area contributed by atoms with E-state index in [9.17, 15) is 4.39 Å². The summed E-state index contributed by atoms with van der Waals surface area (Å²) in [5.74, 6) is 0.659. The van der Waals surface area contributed by atoms with Gasteiger partial charge in [0.05, 0.1) is 0 Å². The maximum absolute atomic E-state index is 11.8. The van der Waals surface area contributed by atoms with Gasteiger partial charge in [0.2, 0.25) is 5.95 Å². The van der Waals surface area contributed by atoms with Crippen LogP contribution in [0.1, 0.15) is 45.4 Å². The first-order valence-electron chi connectivity index (χ1n) is 5.89. The third-order valence-corrected chi connectivity index (χ3v) is 2.93. The summed E-state index contributed by atoms with van der Waals surface area (Å²) in [5, 5.41) is 0. The van der Waals surface area contributed by atoms with E-state index >= 15 is 0 Å². The van der Waals surface area contributed by atoms with Crippen LogP contribution >= 0.6 is 0 Å². The van der Waals surface area contributed by atoms with E-state index in [1.807, 2.05) is 0 Å². The van der Waals surface area contributed by atoms with Gasteiger partial charge in [-0.3, -0.25) is 0 Å². The molecule has 2 rings (SSSR count). The highest BCUT2D eigenvalue weighted by Crippen LogP contribution is 2.25. The fraction of sp³-hybridized carbons (Fsp3) is 0.615. The lowest BCUT2D eigenvalue weighted by Gasteiger charge is -2.18. The number of halogens is 1. The van der Waals surface area contributed by atoms with Crippen LogP contribution in [0.4, 0.5) is 4.39 Å². The first kappa shape index (κ1) is 12.2. The molecule has 0 N–H and O–H groups in total. The lowest BCUT2D eigenvalue weighted by molar-refractivity contribution is 0.349. The maximum Gasteiger partial charge on any atom is 0.212 e. The number of hydrogen-bond donors (Lipinski definition) is 0. The average Bonchev–Trinajstić information content (AvgIpc) is 2.32. The van der Waals surface area contributed by atoms with Gasteiger partial charge in [-0.15, -0.1) is 0 Å². The van der Waals surface area contributed by atoms with Crippen LogP contribution in [-0.2, 0) is 0 Å². The van der Waals surface area contributed by atoms with Gasteiger partial charge in [-0.2, -0.15) is 4.39 Å². The van der Waals surface area contributed by atoms with Crippen LogP contribution in [0.5, 0.6) is 0 Å². The van der Waals surface area contributed by atoms with Crippen molar-refractivity contribution < 1.29 is 4.39 Å². The minimum Gasteiger partial charge on any atom is -0.228 e. The summed E-state index contributed by atoms with van der Waals surface area (Å²) >= 11 is 0. The van der Waals surface area contributed by atoms with Gasteiger partial charge >= 0.3 is 0 Å². The molecular formula is C13H20FN. The highest BCUT2D eigenvalue weighted by atomic mass is 19.1. The molecule has 1 aliphatic carbocycles. The lowest BCUT2D eigenvalue weighted by atomic mass is 9.88. The van der Waals surface area contributed by atoms with Crippen LogP contribution in [0.3, 0.4) is 0 Å². The number of rotatable bonds is 1. The SMILES string of the molecule is CCC1CCCCC1.Fc1ccccn1. The van der Waals surface area contributed by atoms with E-state index in [0.717, 1.165) is 5.92 Å². The Morgan fingerprint density at radius 3 is 2.33 bits per heavy atom. The molecule has 84 valence electrons. The second-order valence-electron chi connectivity index (χ2n) is 4.06. The van der Waals surface area contributed by atoms with Crippen LogP contribution in [0.2, 0.25) is 0 Å². The Labute approximate surface area is 91.7 Å². The smallest absolute Gasteiger partial charge is 0.212 e. The second-order valence-corrected chi connectivity index (χ2v) is 4.06. The highest BCUT2D eigenvalue weighted by molar-refractivity contribution is 4.90. The molecule has 0 unspecified atom stereocenters. The number of pyridine rings is 1. The van der Waals surface area contributed by atoms with Gasteiger partial charge in [-0.1, -0.05) is 51.5 Å². The van der Waals surface area contributed by atoms with Gasteiger partial charge in [0, 0.05) is 6.20 Å². The molecule has 0 aromatic carbocycles. The third kappa shape index (κ3) is 5.50. The molecule has 0 aliphatic heterocycles. The van der Waals surface area contributed by atoms with E-state index in [-0.39, 0.29) is 0 Å². The molecular weight excluding hydrogens is 189 g/mol. The Kier molecular flexibility index (Phi) is 5.98. The molecule has 15 heavy (non-hydrogen) atoms. The molecule has 0 radical (unpaired) electrons. The van der Waals surface area contributed by atoms with Crippen LogP contribution in [0.15, 0.2) is 24.4 Å². The summed E-state index contributed by atoms with van der Waals surface area (Å²) in [6, 6.07) is 4.57. The molecule has 0 saturated heterocycles. The van der Waals surface area contributed by atoms with Crippen molar-refractivity contribution in [2.75, 3.05) is 0 Å². The van der Waals surface area contributed by atoms with Crippen molar-refractivity contribution in [1.29, 1.82) is 0 Å². The summed E-state index contributed by atoms with van der Waals surface area (Å²) in [6.07, 6.45) is 10.3. The van der Waals surface area contributed by atoms with Gasteiger partial charge < -0.3 is 0 Å². The first-order valence-corrected chi connectivity index (χ1v) is 5.89. The van der Waals surface area contributed by atoms with Gasteiger partial charge in [0.15, 0.2) is 0 Å². The maximum atomic E-state index is 11.8. The summed E-state index contributed by atoms with van der Waals surface area (Å²) in [5.41, 5.74) is 0. The summed E-state index contributed by atoms with van der Waals surface area (Å²) in [4.78, 5) is 3.31. The molecule has 2 heteroatoms. The van der Waals surface area contributed by atoms with Crippen molar-refractivity contribution in [3.8, 4) is 0 Å². The molecule has 1 saturated carbocycles. The molecule has 0 atom stereocenters. The van der Waals surface area contributed by atoms with E-state index in [1.54, 1.807) is 12.1 Å². The quantitative estimate of drug-likeness (QED) is 0.632. The topological polar surface area (TPSA) is 12.9 Å². The van der Waals surface area contributed by atoms with Gasteiger partial charge in [-0.05, 0) is 18.1 Å². The van der Waals surface area contributed by atoms with E-state index < -0.39 is 5.95 Å². The van der Waals surface area contributed by atoms with E-state index in [2.05, 4.69) is 11.9 Å². The Hall–Kier alpha value is -0.920. The summed E-state index contributed by atoms with van der Waals surface area (Å²) in [6.45, 7) is 2.32. The molecule has 0 amide bonds. The predicted octanol–water partition coefficient (Wildman–Crippen LogP) is 4.20. The molecule has 1 aromatic rings. The predicted molar refractivity (Wildman–Crippen MR) is 61.1 cm³/mol. The first-order chi connectivity index (χ1) is 7.33. The van der Waals surface area contributed by atoms with Crippen molar-refractivity contribution in [1.82, 2.24) is 4.98 Å². The Morgan fingerprint density at radius 1 is 1.27 bits per heavy atom. The van der Waals surface area contributed by atoms with E-state index in [0.29, 0.717) is 0 Å². The van der Waals surface area contributed by atoms with Crippen molar-refractivity contribution in [3.05, 3.63) is 30.3 Å². The zero-order chi connectivity index (χ0) is 10.9. The Bertz CT molecular complexity index is 242. The molecule has 1 nitrogen and oxygen atoms in total. The molecule has 0 spiro atoms. The van der Waals surface area contributed by atoms with Crippen LogP contribution in [0.25, 0.3) is 0 Å². The van der Waals surface area contributed by atoms with E-state index in [4.69, 9.17) is 0 Å². The number of aromatic nitrogens is 1. The normalized spacial score (nSPS) is 16.7. The Morgan fingerprint density at radius 2 is 2.00 bits per heavy atom. The summed E-state index contributed by atoms with van der Waals surface area (Å²) in [7, 11) is 0. The fourth-order valence-corrected chi connectivity index (χ4v) is 1.94. The van der Waals surface area contributed by atoms with Crippen LogP contribution in [-0.4, -0.2) is 4.98 Å².